The van der Waals surface area contributed by atoms with E-state index in [9.17, 15) is 24.3 Å². The van der Waals surface area contributed by atoms with Crippen molar-refractivity contribution in [2.24, 2.45) is 0 Å². The zero-order chi connectivity index (χ0) is 30.9. The number of hydrogen-bond acceptors (Lipinski definition) is 5. The van der Waals surface area contributed by atoms with E-state index in [-0.39, 0.29) is 22.9 Å². The van der Waals surface area contributed by atoms with E-state index in [0.29, 0.717) is 37.4 Å². The van der Waals surface area contributed by atoms with Gasteiger partial charge >= 0.3 is 5.97 Å². The van der Waals surface area contributed by atoms with Gasteiger partial charge in [-0.2, -0.15) is 0 Å². The van der Waals surface area contributed by atoms with Gasteiger partial charge in [-0.3, -0.25) is 14.4 Å². The van der Waals surface area contributed by atoms with Crippen molar-refractivity contribution in [3.63, 3.8) is 0 Å². The molecule has 0 bridgehead atoms. The lowest BCUT2D eigenvalue weighted by molar-refractivity contribution is -0.114. The Morgan fingerprint density at radius 2 is 1.51 bits per heavy atom. The van der Waals surface area contributed by atoms with E-state index >= 15 is 0 Å². The summed E-state index contributed by atoms with van der Waals surface area (Å²) in [5.41, 5.74) is 2.28. The molecule has 0 saturated carbocycles. The van der Waals surface area contributed by atoms with Crippen LogP contribution >= 0.6 is 35.0 Å². The van der Waals surface area contributed by atoms with Crippen LogP contribution in [0.1, 0.15) is 31.8 Å². The summed E-state index contributed by atoms with van der Waals surface area (Å²) >= 11 is 13.9. The van der Waals surface area contributed by atoms with E-state index in [1.54, 1.807) is 85.8 Å². The average molecular weight is 635 g/mol. The molecule has 0 aliphatic heterocycles. The summed E-state index contributed by atoms with van der Waals surface area (Å²) in [4.78, 5) is 50.9. The first kappa shape index (κ1) is 31.4. The molecule has 11 heteroatoms. The summed E-state index contributed by atoms with van der Waals surface area (Å²) in [7, 11) is 0. The van der Waals surface area contributed by atoms with Crippen molar-refractivity contribution in [1.29, 1.82) is 0 Å². The molecule has 0 unspecified atom stereocenters. The molecule has 0 atom stereocenters. The van der Waals surface area contributed by atoms with E-state index in [0.717, 1.165) is 5.56 Å². The Kier molecular flexibility index (Phi) is 10.6. The number of carboxylic acids is 1. The molecule has 0 heterocycles. The summed E-state index contributed by atoms with van der Waals surface area (Å²) in [6.45, 7) is 1.77. The number of amides is 3. The third kappa shape index (κ3) is 8.71. The lowest BCUT2D eigenvalue weighted by Crippen LogP contribution is -2.30. The number of benzene rings is 4. The van der Waals surface area contributed by atoms with Crippen molar-refractivity contribution < 1.29 is 24.3 Å². The topological polar surface area (TPSA) is 125 Å². The Morgan fingerprint density at radius 3 is 2.21 bits per heavy atom. The molecule has 0 fully saturated rings. The van der Waals surface area contributed by atoms with E-state index in [2.05, 4.69) is 16.0 Å². The van der Waals surface area contributed by atoms with Crippen molar-refractivity contribution in [3.05, 3.63) is 129 Å². The van der Waals surface area contributed by atoms with Crippen LogP contribution in [-0.2, 0) is 9.59 Å². The van der Waals surface area contributed by atoms with E-state index < -0.39 is 17.8 Å². The number of halogens is 2. The number of anilines is 2. The summed E-state index contributed by atoms with van der Waals surface area (Å²) in [5.74, 6) is -2.48. The number of carbonyl (C=O) groups excluding carboxylic acids is 3. The Hall–Kier alpha value is -4.57. The number of rotatable bonds is 10. The molecule has 0 radical (unpaired) electrons. The highest BCUT2D eigenvalue weighted by molar-refractivity contribution is 8.00. The van der Waals surface area contributed by atoms with Crippen molar-refractivity contribution in [3.8, 4) is 0 Å². The van der Waals surface area contributed by atoms with Crippen LogP contribution in [0.3, 0.4) is 0 Å². The molecule has 0 aromatic heterocycles. The van der Waals surface area contributed by atoms with Gasteiger partial charge in [0.2, 0.25) is 5.91 Å². The van der Waals surface area contributed by atoms with Crippen LogP contribution in [0, 0.1) is 6.92 Å². The Bertz CT molecular complexity index is 1710. The standard InChI is InChI=1S/C32H25Cl2N3O5S/c1-19-13-14-21(32(41)42)15-27(19)36-29(38)18-43-23-10-5-9-22(16-23)35-31(40)28(17-24-25(33)11-6-12-26(24)34)37-30(39)20-7-3-2-4-8-20/h2-17H,18H2,1H3,(H,35,40)(H,36,38)(H,37,39)(H,41,42)/b28-17+. The maximum atomic E-state index is 13.4. The van der Waals surface area contributed by atoms with Gasteiger partial charge in [0.05, 0.1) is 11.3 Å². The Balaban J connectivity index is 1.48. The molecule has 43 heavy (non-hydrogen) atoms. The second-order valence-corrected chi connectivity index (χ2v) is 11.0. The van der Waals surface area contributed by atoms with Crippen molar-refractivity contribution >= 4 is 76.1 Å². The van der Waals surface area contributed by atoms with Gasteiger partial charge in [0.1, 0.15) is 5.70 Å². The Labute approximate surface area is 262 Å². The first-order valence-corrected chi connectivity index (χ1v) is 14.5. The molecule has 3 amide bonds. The number of aromatic carboxylic acids is 1. The number of carbonyl (C=O) groups is 4. The third-order valence-electron chi connectivity index (χ3n) is 6.04. The number of carboxylic acid groups (broad SMARTS) is 1. The predicted octanol–water partition coefficient (Wildman–Crippen LogP) is 7.14. The molecule has 4 aromatic rings. The summed E-state index contributed by atoms with van der Waals surface area (Å²) in [6.07, 6.45) is 1.41. The number of nitrogens with one attached hydrogen (secondary N) is 3. The summed E-state index contributed by atoms with van der Waals surface area (Å²) in [5, 5.41) is 18.0. The van der Waals surface area contributed by atoms with Gasteiger partial charge in [-0.15, -0.1) is 11.8 Å². The fourth-order valence-electron chi connectivity index (χ4n) is 3.82. The van der Waals surface area contributed by atoms with Gasteiger partial charge in [0, 0.05) is 37.4 Å². The van der Waals surface area contributed by atoms with Crippen LogP contribution < -0.4 is 16.0 Å². The number of thioether (sulfide) groups is 1. The van der Waals surface area contributed by atoms with Crippen LogP contribution in [0.15, 0.2) is 102 Å². The van der Waals surface area contributed by atoms with E-state index in [4.69, 9.17) is 23.2 Å². The zero-order valence-electron chi connectivity index (χ0n) is 22.7. The molecule has 0 saturated heterocycles. The van der Waals surface area contributed by atoms with Crippen LogP contribution in [-0.4, -0.2) is 34.6 Å². The maximum Gasteiger partial charge on any atom is 0.335 e. The lowest BCUT2D eigenvalue weighted by atomic mass is 10.1. The van der Waals surface area contributed by atoms with Gasteiger partial charge in [-0.05, 0) is 73.2 Å². The van der Waals surface area contributed by atoms with Gasteiger partial charge in [0.15, 0.2) is 0 Å². The molecule has 0 aliphatic rings. The smallest absolute Gasteiger partial charge is 0.335 e. The first-order valence-electron chi connectivity index (χ1n) is 12.8. The number of hydrogen-bond donors (Lipinski definition) is 4. The maximum absolute atomic E-state index is 13.4. The van der Waals surface area contributed by atoms with E-state index in [1.165, 1.54) is 30.0 Å². The largest absolute Gasteiger partial charge is 0.478 e. The lowest BCUT2D eigenvalue weighted by Gasteiger charge is -2.13. The zero-order valence-corrected chi connectivity index (χ0v) is 25.0. The van der Waals surface area contributed by atoms with Crippen LogP contribution in [0.4, 0.5) is 11.4 Å². The van der Waals surface area contributed by atoms with Gasteiger partial charge in [-0.1, -0.05) is 59.6 Å². The number of aryl methyl sites for hydroxylation is 1. The summed E-state index contributed by atoms with van der Waals surface area (Å²) in [6, 6.07) is 24.7. The third-order valence-corrected chi connectivity index (χ3v) is 7.69. The van der Waals surface area contributed by atoms with Crippen molar-refractivity contribution in [2.75, 3.05) is 16.4 Å². The van der Waals surface area contributed by atoms with Gasteiger partial charge in [-0.25, -0.2) is 4.79 Å². The second kappa shape index (κ2) is 14.6. The van der Waals surface area contributed by atoms with Crippen LogP contribution in [0.2, 0.25) is 10.0 Å². The van der Waals surface area contributed by atoms with Crippen LogP contribution in [0.25, 0.3) is 6.08 Å². The quantitative estimate of drug-likeness (QED) is 0.109. The molecule has 4 N–H and O–H groups in total. The molecule has 0 aliphatic carbocycles. The highest BCUT2D eigenvalue weighted by atomic mass is 35.5. The Morgan fingerprint density at radius 1 is 0.814 bits per heavy atom. The molecule has 8 nitrogen and oxygen atoms in total. The highest BCUT2D eigenvalue weighted by Crippen LogP contribution is 2.27. The highest BCUT2D eigenvalue weighted by Gasteiger charge is 2.17. The molecular formula is C32H25Cl2N3O5S. The average Bonchev–Trinajstić information content (AvgIpc) is 2.99. The fraction of sp³-hybridized carbons (Fsp3) is 0.0625. The van der Waals surface area contributed by atoms with Crippen molar-refractivity contribution in [2.45, 2.75) is 11.8 Å². The molecular weight excluding hydrogens is 609 g/mol. The minimum atomic E-state index is -1.09. The van der Waals surface area contributed by atoms with Crippen molar-refractivity contribution in [1.82, 2.24) is 5.32 Å². The first-order chi connectivity index (χ1) is 20.6. The normalized spacial score (nSPS) is 11.0. The van der Waals surface area contributed by atoms with Gasteiger partial charge < -0.3 is 21.1 Å². The van der Waals surface area contributed by atoms with Crippen LogP contribution in [0.5, 0.6) is 0 Å². The minimum absolute atomic E-state index is 0.0391. The van der Waals surface area contributed by atoms with E-state index in [1.807, 2.05) is 0 Å². The molecule has 0 spiro atoms. The minimum Gasteiger partial charge on any atom is -0.478 e. The second-order valence-electron chi connectivity index (χ2n) is 9.17. The summed E-state index contributed by atoms with van der Waals surface area (Å²) < 4.78 is 0. The molecule has 218 valence electrons. The monoisotopic (exact) mass is 633 g/mol. The van der Waals surface area contributed by atoms with Gasteiger partial charge in [0.25, 0.3) is 11.8 Å². The molecule has 4 aromatic carbocycles. The SMILES string of the molecule is Cc1ccc(C(=O)O)cc1NC(=O)CSc1cccc(NC(=O)/C(=C\c2c(Cl)cccc2Cl)NC(=O)c2ccccc2)c1. The molecule has 4 rings (SSSR count). The fourth-order valence-corrected chi connectivity index (χ4v) is 5.08. The predicted molar refractivity (Wildman–Crippen MR) is 171 cm³/mol.